The average Bonchev–Trinajstić information content (AvgIpc) is 2.95. The first-order valence-corrected chi connectivity index (χ1v) is 5.89. The Morgan fingerprint density at radius 1 is 1.39 bits per heavy atom. The molecule has 6 nitrogen and oxygen atoms in total. The van der Waals surface area contributed by atoms with Crippen molar-refractivity contribution >= 4 is 17.0 Å². The van der Waals surface area contributed by atoms with Gasteiger partial charge in [0.25, 0.3) is 0 Å². The van der Waals surface area contributed by atoms with Crippen LogP contribution in [0.2, 0.25) is 0 Å². The van der Waals surface area contributed by atoms with Crippen molar-refractivity contribution < 1.29 is 58.2 Å². The van der Waals surface area contributed by atoms with E-state index in [1.807, 2.05) is 0 Å². The first kappa shape index (κ1) is 13.1. The van der Waals surface area contributed by atoms with Crippen LogP contribution in [0.4, 0.5) is 5.95 Å². The molecule has 2 N–H and O–H groups in total. The standard InChI is InChI=1S/C11H13N6.Rb/c1-2-12-5-11(1)6-17(7-11)10-13-3-8-4-14-16-9(8)15-10;/h3,12H,1-2,5-7H2,(H,13,14,15,16);/q-1;+1. The first-order valence-electron chi connectivity index (χ1n) is 5.89. The maximum absolute atomic E-state index is 4.46. The topological polar surface area (TPSA) is 69.7 Å². The summed E-state index contributed by atoms with van der Waals surface area (Å²) >= 11 is 0. The van der Waals surface area contributed by atoms with Crippen LogP contribution in [0, 0.1) is 11.6 Å². The predicted octanol–water partition coefficient (Wildman–Crippen LogP) is -3.04. The van der Waals surface area contributed by atoms with Gasteiger partial charge < -0.3 is 15.3 Å². The van der Waals surface area contributed by atoms with Crippen LogP contribution in [0.3, 0.4) is 0 Å². The maximum Gasteiger partial charge on any atom is 1.00 e. The zero-order chi connectivity index (χ0) is 11.3. The number of fused-ring (bicyclic) bond motifs is 1. The number of aromatic amines is 1. The van der Waals surface area contributed by atoms with Crippen molar-refractivity contribution in [3.8, 4) is 0 Å². The number of aromatic nitrogens is 4. The average molecular weight is 315 g/mol. The second kappa shape index (κ2) is 4.90. The molecule has 0 amide bonds. The molecular weight excluding hydrogens is 302 g/mol. The summed E-state index contributed by atoms with van der Waals surface area (Å²) in [7, 11) is 0. The molecule has 7 heteroatoms. The fraction of sp³-hybridized carbons (Fsp3) is 0.545. The van der Waals surface area contributed by atoms with Crippen molar-refractivity contribution in [1.82, 2.24) is 25.5 Å². The Labute approximate surface area is 154 Å². The monoisotopic (exact) mass is 314 g/mol. The Morgan fingerprint density at radius 2 is 2.28 bits per heavy atom. The van der Waals surface area contributed by atoms with Crippen LogP contribution in [0.1, 0.15) is 6.42 Å². The van der Waals surface area contributed by atoms with Gasteiger partial charge in [-0.2, -0.15) is 0 Å². The number of H-pyrrole nitrogens is 1. The number of nitrogens with zero attached hydrogens (tertiary/aromatic N) is 4. The normalized spacial score (nSPS) is 21.0. The fourth-order valence-electron chi connectivity index (χ4n) is 2.80. The van der Waals surface area contributed by atoms with Gasteiger partial charge in [0.15, 0.2) is 0 Å². The molecule has 4 rings (SSSR count). The SMILES string of the molecule is [Rb+].[c-]1n[nH]c2nc(N3CC4(CCNC4)C3)ncc12. The smallest absolute Gasteiger partial charge is 0.341 e. The van der Waals surface area contributed by atoms with Crippen molar-refractivity contribution in [2.45, 2.75) is 6.42 Å². The van der Waals surface area contributed by atoms with Gasteiger partial charge >= 0.3 is 58.2 Å². The van der Waals surface area contributed by atoms with E-state index in [1.54, 1.807) is 6.20 Å². The number of hydrogen-bond acceptors (Lipinski definition) is 5. The Hall–Kier alpha value is 0.115. The van der Waals surface area contributed by atoms with Gasteiger partial charge in [0.05, 0.1) is 0 Å². The summed E-state index contributed by atoms with van der Waals surface area (Å²) in [5, 5.41) is 10.9. The fourth-order valence-corrected chi connectivity index (χ4v) is 2.80. The van der Waals surface area contributed by atoms with Gasteiger partial charge in [-0.05, 0) is 19.2 Å². The number of nitrogens with one attached hydrogen (secondary N) is 2. The molecule has 2 aliphatic rings. The molecule has 0 aromatic carbocycles. The third-order valence-electron chi connectivity index (χ3n) is 3.78. The summed E-state index contributed by atoms with van der Waals surface area (Å²) in [4.78, 5) is 11.0. The van der Waals surface area contributed by atoms with Gasteiger partial charge in [0, 0.05) is 30.7 Å². The van der Waals surface area contributed by atoms with Crippen molar-refractivity contribution in [3.63, 3.8) is 0 Å². The molecular formula is C11H13N6Rb. The molecule has 0 bridgehead atoms. The van der Waals surface area contributed by atoms with Crippen molar-refractivity contribution in [2.24, 2.45) is 5.41 Å². The van der Waals surface area contributed by atoms with Crippen LogP contribution >= 0.6 is 0 Å². The summed E-state index contributed by atoms with van der Waals surface area (Å²) in [6.07, 6.45) is 5.86. The molecule has 0 saturated carbocycles. The Balaban J connectivity index is 0.000001000. The third-order valence-corrected chi connectivity index (χ3v) is 3.78. The molecule has 0 unspecified atom stereocenters. The number of rotatable bonds is 1. The molecule has 0 radical (unpaired) electrons. The van der Waals surface area contributed by atoms with E-state index < -0.39 is 0 Å². The molecule has 18 heavy (non-hydrogen) atoms. The molecule has 0 atom stereocenters. The molecule has 4 heterocycles. The minimum absolute atomic E-state index is 0. The van der Waals surface area contributed by atoms with E-state index in [0.29, 0.717) is 5.41 Å². The van der Waals surface area contributed by atoms with E-state index in [1.165, 1.54) is 6.42 Å². The second-order valence-corrected chi connectivity index (χ2v) is 5.05. The van der Waals surface area contributed by atoms with E-state index >= 15 is 0 Å². The van der Waals surface area contributed by atoms with Gasteiger partial charge in [-0.1, -0.05) is 6.20 Å². The summed E-state index contributed by atoms with van der Waals surface area (Å²) in [5.74, 6) is 0.799. The molecule has 88 valence electrons. The second-order valence-electron chi connectivity index (χ2n) is 5.05. The largest absolute Gasteiger partial charge is 1.00 e. The van der Waals surface area contributed by atoms with Gasteiger partial charge in [0.2, 0.25) is 5.95 Å². The molecule has 2 aliphatic heterocycles. The Bertz CT molecular complexity index is 553. The molecule has 2 aromatic rings. The van der Waals surface area contributed by atoms with Crippen molar-refractivity contribution in [1.29, 1.82) is 0 Å². The zero-order valence-corrected chi connectivity index (χ0v) is 15.3. The minimum Gasteiger partial charge on any atom is -0.341 e. The van der Waals surface area contributed by atoms with E-state index in [0.717, 1.165) is 43.2 Å². The Kier molecular flexibility index (Phi) is 3.57. The van der Waals surface area contributed by atoms with Crippen molar-refractivity contribution in [2.75, 3.05) is 31.1 Å². The summed E-state index contributed by atoms with van der Waals surface area (Å²) in [5.41, 5.74) is 1.24. The summed E-state index contributed by atoms with van der Waals surface area (Å²) in [6, 6.07) is 0. The van der Waals surface area contributed by atoms with Crippen molar-refractivity contribution in [3.05, 3.63) is 12.4 Å². The summed E-state index contributed by atoms with van der Waals surface area (Å²) < 4.78 is 0. The molecule has 2 fully saturated rings. The number of hydrogen-bond donors (Lipinski definition) is 2. The van der Waals surface area contributed by atoms with Gasteiger partial charge in [-0.25, -0.2) is 0 Å². The summed E-state index contributed by atoms with van der Waals surface area (Å²) in [6.45, 7) is 4.39. The van der Waals surface area contributed by atoms with Crippen LogP contribution < -0.4 is 68.4 Å². The zero-order valence-electron chi connectivity index (χ0n) is 10.4. The minimum atomic E-state index is 0. The van der Waals surface area contributed by atoms with Crippen LogP contribution in [0.5, 0.6) is 0 Å². The van der Waals surface area contributed by atoms with Crippen LogP contribution in [0.15, 0.2) is 6.20 Å². The molecule has 1 spiro atoms. The van der Waals surface area contributed by atoms with E-state index in [4.69, 9.17) is 0 Å². The van der Waals surface area contributed by atoms with Crippen LogP contribution in [0.25, 0.3) is 11.0 Å². The predicted molar refractivity (Wildman–Crippen MR) is 62.7 cm³/mol. The molecule has 2 saturated heterocycles. The molecule has 0 aliphatic carbocycles. The van der Waals surface area contributed by atoms with E-state index in [2.05, 4.69) is 36.6 Å². The van der Waals surface area contributed by atoms with Gasteiger partial charge in [-0.3, -0.25) is 15.1 Å². The number of anilines is 1. The van der Waals surface area contributed by atoms with E-state index in [-0.39, 0.29) is 58.2 Å². The third kappa shape index (κ3) is 2.08. The van der Waals surface area contributed by atoms with E-state index in [9.17, 15) is 0 Å². The first-order chi connectivity index (χ1) is 8.35. The Morgan fingerprint density at radius 3 is 3.06 bits per heavy atom. The van der Waals surface area contributed by atoms with Crippen LogP contribution in [-0.4, -0.2) is 46.3 Å². The van der Waals surface area contributed by atoms with Crippen LogP contribution in [-0.2, 0) is 0 Å². The maximum atomic E-state index is 4.46. The van der Waals surface area contributed by atoms with Gasteiger partial charge in [-0.15, -0.1) is 5.39 Å². The quantitative estimate of drug-likeness (QED) is 0.548. The van der Waals surface area contributed by atoms with Gasteiger partial charge in [0.1, 0.15) is 0 Å². The molecule has 2 aromatic heterocycles.